The summed E-state index contributed by atoms with van der Waals surface area (Å²) in [5.41, 5.74) is 0. The van der Waals surface area contributed by atoms with Gasteiger partial charge in [0.2, 0.25) is 0 Å². The van der Waals surface area contributed by atoms with Gasteiger partial charge in [-0.05, 0) is 32.1 Å². The minimum atomic E-state index is -0.874. The van der Waals surface area contributed by atoms with Gasteiger partial charge in [0, 0.05) is 12.8 Å². The topological polar surface area (TPSA) is 57.5 Å². The van der Waals surface area contributed by atoms with Crippen molar-refractivity contribution in [1.82, 2.24) is 0 Å². The van der Waals surface area contributed by atoms with Gasteiger partial charge < -0.3 is 10.2 Å². The summed E-state index contributed by atoms with van der Waals surface area (Å²) in [6.45, 7) is 1.94. The zero-order valence-electron chi connectivity index (χ0n) is 15.8. The summed E-state index contributed by atoms with van der Waals surface area (Å²) >= 11 is 0. The molecular weight excluding hydrogens is 300 g/mol. The van der Waals surface area contributed by atoms with Crippen LogP contribution in [0.2, 0.25) is 0 Å². The minimum Gasteiger partial charge on any atom is -0.394 e. The fourth-order valence-corrected chi connectivity index (χ4v) is 2.82. The zero-order valence-corrected chi connectivity index (χ0v) is 15.8. The summed E-state index contributed by atoms with van der Waals surface area (Å²) in [5, 5.41) is 17.9. The Morgan fingerprint density at radius 2 is 1.33 bits per heavy atom. The van der Waals surface area contributed by atoms with E-state index in [-0.39, 0.29) is 18.8 Å². The Bertz CT molecular complexity index is 299. The first-order valence-corrected chi connectivity index (χ1v) is 10.2. The van der Waals surface area contributed by atoms with Gasteiger partial charge in [-0.1, -0.05) is 70.4 Å². The van der Waals surface area contributed by atoms with Gasteiger partial charge in [0.15, 0.2) is 0 Å². The molecule has 3 heteroatoms. The minimum absolute atomic E-state index is 0.0641. The standard InChI is InChI=1S/C21H40O3/c1-2-3-4-5-6-7-8-9-10-11-12-13-14-15-16-17-20(23)18-21(24)19-22/h9-10,21-22,24H,2-8,11-19H2,1H3. The van der Waals surface area contributed by atoms with Gasteiger partial charge in [0.25, 0.3) is 0 Å². The Labute approximate surface area is 149 Å². The van der Waals surface area contributed by atoms with E-state index in [0.717, 1.165) is 12.8 Å². The van der Waals surface area contributed by atoms with Crippen molar-refractivity contribution in [1.29, 1.82) is 0 Å². The van der Waals surface area contributed by atoms with Gasteiger partial charge in [-0.2, -0.15) is 0 Å². The van der Waals surface area contributed by atoms with Crippen molar-refractivity contribution < 1.29 is 15.0 Å². The van der Waals surface area contributed by atoms with E-state index < -0.39 is 6.10 Å². The number of carbonyl (C=O) groups is 1. The Balaban J connectivity index is 3.22. The molecule has 0 saturated heterocycles. The number of rotatable bonds is 18. The van der Waals surface area contributed by atoms with Crippen LogP contribution in [-0.4, -0.2) is 28.7 Å². The number of Topliss-reactive ketones (excluding diaryl/α,β-unsaturated/α-hetero) is 1. The molecule has 0 bridgehead atoms. The third-order valence-corrected chi connectivity index (χ3v) is 4.39. The van der Waals surface area contributed by atoms with Crippen molar-refractivity contribution in [3.8, 4) is 0 Å². The predicted octanol–water partition coefficient (Wildman–Crippen LogP) is 5.34. The summed E-state index contributed by atoms with van der Waals surface area (Å²) in [5.74, 6) is 0.0641. The average molecular weight is 341 g/mol. The lowest BCUT2D eigenvalue weighted by atomic mass is 10.0. The molecule has 0 spiro atoms. The lowest BCUT2D eigenvalue weighted by Gasteiger charge is -2.05. The first-order valence-electron chi connectivity index (χ1n) is 10.2. The number of carbonyl (C=O) groups excluding carboxylic acids is 1. The van der Waals surface area contributed by atoms with E-state index in [0.29, 0.717) is 6.42 Å². The SMILES string of the molecule is CCCCCCCCC=CCCCCCCCC(=O)CC(O)CO. The van der Waals surface area contributed by atoms with Crippen LogP contribution >= 0.6 is 0 Å². The highest BCUT2D eigenvalue weighted by atomic mass is 16.3. The Morgan fingerprint density at radius 1 is 0.833 bits per heavy atom. The van der Waals surface area contributed by atoms with Gasteiger partial charge >= 0.3 is 0 Å². The summed E-state index contributed by atoms with van der Waals surface area (Å²) in [6, 6.07) is 0. The average Bonchev–Trinajstić information content (AvgIpc) is 2.58. The van der Waals surface area contributed by atoms with Crippen molar-refractivity contribution in [2.45, 2.75) is 109 Å². The zero-order chi connectivity index (χ0) is 17.9. The van der Waals surface area contributed by atoms with E-state index in [1.165, 1.54) is 70.6 Å². The summed E-state index contributed by atoms with van der Waals surface area (Å²) in [4.78, 5) is 11.5. The molecule has 0 amide bonds. The maximum Gasteiger partial charge on any atom is 0.135 e. The Morgan fingerprint density at radius 3 is 1.88 bits per heavy atom. The van der Waals surface area contributed by atoms with Crippen molar-refractivity contribution in [2.24, 2.45) is 0 Å². The van der Waals surface area contributed by atoms with Crippen LogP contribution in [-0.2, 0) is 4.79 Å². The quantitative estimate of drug-likeness (QED) is 0.262. The lowest BCUT2D eigenvalue weighted by molar-refractivity contribution is -0.121. The Hall–Kier alpha value is -0.670. The van der Waals surface area contributed by atoms with E-state index in [9.17, 15) is 9.90 Å². The second-order valence-electron chi connectivity index (χ2n) is 6.91. The van der Waals surface area contributed by atoms with Crippen molar-refractivity contribution >= 4 is 5.78 Å². The van der Waals surface area contributed by atoms with Gasteiger partial charge in [0.1, 0.15) is 5.78 Å². The van der Waals surface area contributed by atoms with Crippen molar-refractivity contribution in [3.05, 3.63) is 12.2 Å². The molecule has 3 nitrogen and oxygen atoms in total. The van der Waals surface area contributed by atoms with Crippen LogP contribution in [0.1, 0.15) is 103 Å². The number of ketones is 1. The molecule has 24 heavy (non-hydrogen) atoms. The maximum atomic E-state index is 11.5. The highest BCUT2D eigenvalue weighted by Gasteiger charge is 2.08. The first-order chi connectivity index (χ1) is 11.7. The lowest BCUT2D eigenvalue weighted by Crippen LogP contribution is -2.17. The van der Waals surface area contributed by atoms with Crippen LogP contribution in [0.15, 0.2) is 12.2 Å². The third kappa shape index (κ3) is 17.7. The van der Waals surface area contributed by atoms with E-state index in [4.69, 9.17) is 5.11 Å². The molecule has 0 radical (unpaired) electrons. The molecule has 0 aromatic carbocycles. The van der Waals surface area contributed by atoms with Crippen LogP contribution in [0.3, 0.4) is 0 Å². The second-order valence-corrected chi connectivity index (χ2v) is 6.91. The van der Waals surface area contributed by atoms with Crippen molar-refractivity contribution in [3.63, 3.8) is 0 Å². The highest BCUT2D eigenvalue weighted by molar-refractivity contribution is 5.78. The van der Waals surface area contributed by atoms with Gasteiger partial charge in [-0.25, -0.2) is 0 Å². The summed E-state index contributed by atoms with van der Waals surface area (Å²) < 4.78 is 0. The molecule has 0 saturated carbocycles. The van der Waals surface area contributed by atoms with E-state index in [1.807, 2.05) is 0 Å². The first kappa shape index (κ1) is 23.3. The number of aliphatic hydroxyl groups excluding tert-OH is 2. The van der Waals surface area contributed by atoms with E-state index >= 15 is 0 Å². The Kier molecular flexibility index (Phi) is 18.1. The monoisotopic (exact) mass is 340 g/mol. The second kappa shape index (κ2) is 18.7. The molecule has 0 rings (SSSR count). The third-order valence-electron chi connectivity index (χ3n) is 4.39. The van der Waals surface area contributed by atoms with Crippen LogP contribution < -0.4 is 0 Å². The molecule has 0 aromatic rings. The molecular formula is C21H40O3. The summed E-state index contributed by atoms with van der Waals surface area (Å²) in [7, 11) is 0. The predicted molar refractivity (Wildman–Crippen MR) is 102 cm³/mol. The highest BCUT2D eigenvalue weighted by Crippen LogP contribution is 2.10. The molecule has 142 valence electrons. The fourth-order valence-electron chi connectivity index (χ4n) is 2.82. The van der Waals surface area contributed by atoms with Crippen LogP contribution in [0.4, 0.5) is 0 Å². The number of hydrogen-bond donors (Lipinski definition) is 2. The van der Waals surface area contributed by atoms with Crippen molar-refractivity contribution in [2.75, 3.05) is 6.61 Å². The van der Waals surface area contributed by atoms with Gasteiger partial charge in [-0.15, -0.1) is 0 Å². The van der Waals surface area contributed by atoms with Crippen LogP contribution in [0.5, 0.6) is 0 Å². The molecule has 2 N–H and O–H groups in total. The summed E-state index contributed by atoms with van der Waals surface area (Å²) in [6.07, 6.45) is 20.7. The number of unbranched alkanes of at least 4 members (excludes halogenated alkanes) is 11. The van der Waals surface area contributed by atoms with Crippen LogP contribution in [0.25, 0.3) is 0 Å². The number of aliphatic hydroxyl groups is 2. The molecule has 0 aliphatic carbocycles. The molecule has 0 aromatic heterocycles. The number of hydrogen-bond acceptors (Lipinski definition) is 3. The smallest absolute Gasteiger partial charge is 0.135 e. The molecule has 0 aliphatic heterocycles. The molecule has 0 heterocycles. The molecule has 1 atom stereocenters. The van der Waals surface area contributed by atoms with E-state index in [2.05, 4.69) is 19.1 Å². The largest absolute Gasteiger partial charge is 0.394 e. The number of allylic oxidation sites excluding steroid dienone is 2. The van der Waals surface area contributed by atoms with Gasteiger partial charge in [-0.3, -0.25) is 4.79 Å². The van der Waals surface area contributed by atoms with Gasteiger partial charge in [0.05, 0.1) is 12.7 Å². The van der Waals surface area contributed by atoms with E-state index in [1.54, 1.807) is 0 Å². The molecule has 1 unspecified atom stereocenters. The normalized spacial score (nSPS) is 12.8. The maximum absolute atomic E-state index is 11.5. The van der Waals surface area contributed by atoms with Crippen LogP contribution in [0, 0.1) is 0 Å². The molecule has 0 aliphatic rings. The molecule has 0 fully saturated rings. The fraction of sp³-hybridized carbons (Fsp3) is 0.857.